The van der Waals surface area contributed by atoms with Crippen molar-refractivity contribution in [1.29, 1.82) is 0 Å². The predicted octanol–water partition coefficient (Wildman–Crippen LogP) is 6.06. The molecule has 0 amide bonds. The van der Waals surface area contributed by atoms with Crippen molar-refractivity contribution >= 4 is 61.5 Å². The number of rotatable bonds is 2. The van der Waals surface area contributed by atoms with Gasteiger partial charge in [-0.3, -0.25) is 0 Å². The van der Waals surface area contributed by atoms with Crippen molar-refractivity contribution in [3.05, 3.63) is 53.2 Å². The van der Waals surface area contributed by atoms with E-state index >= 15 is 0 Å². The van der Waals surface area contributed by atoms with Crippen molar-refractivity contribution < 1.29 is 0 Å². The number of alkyl halides is 1. The van der Waals surface area contributed by atoms with Gasteiger partial charge in [0.05, 0.1) is 9.16 Å². The van der Waals surface area contributed by atoms with Gasteiger partial charge < -0.3 is 0 Å². The third kappa shape index (κ3) is 2.88. The first-order valence-corrected chi connectivity index (χ1v) is 8.28. The van der Waals surface area contributed by atoms with Gasteiger partial charge in [0.2, 0.25) is 0 Å². The smallest absolute Gasteiger partial charge is 0.0856 e. The topological polar surface area (TPSA) is 0 Å². The highest BCUT2D eigenvalue weighted by molar-refractivity contribution is 14.1. The number of aryl methyl sites for hydroxylation is 2. The summed E-state index contributed by atoms with van der Waals surface area (Å²) in [5.41, 5.74) is 3.67. The van der Waals surface area contributed by atoms with Crippen LogP contribution in [-0.2, 0) is 0 Å². The van der Waals surface area contributed by atoms with Gasteiger partial charge in [0.1, 0.15) is 0 Å². The SMILES string of the molecule is Cc1cccc(C(Cl)c2cc(Br)sc2C)c1I. The highest BCUT2D eigenvalue weighted by atomic mass is 127. The Kier molecular flexibility index (Phi) is 4.55. The molecule has 0 nitrogen and oxygen atoms in total. The van der Waals surface area contributed by atoms with Gasteiger partial charge >= 0.3 is 0 Å². The minimum absolute atomic E-state index is 0.0654. The summed E-state index contributed by atoms with van der Waals surface area (Å²) >= 11 is 14.2. The quantitative estimate of drug-likeness (QED) is 0.393. The Balaban J connectivity index is 2.47. The lowest BCUT2D eigenvalue weighted by atomic mass is 10.0. The summed E-state index contributed by atoms with van der Waals surface area (Å²) in [6, 6.07) is 8.41. The van der Waals surface area contributed by atoms with Gasteiger partial charge in [-0.05, 0) is 75.1 Å². The van der Waals surface area contributed by atoms with Gasteiger partial charge in [0, 0.05) is 8.45 Å². The van der Waals surface area contributed by atoms with E-state index in [1.54, 1.807) is 11.3 Å². The summed E-state index contributed by atoms with van der Waals surface area (Å²) in [7, 11) is 0. The molecule has 1 atom stereocenters. The van der Waals surface area contributed by atoms with Crippen LogP contribution in [0.4, 0.5) is 0 Å². The van der Waals surface area contributed by atoms with Gasteiger partial charge in [-0.15, -0.1) is 22.9 Å². The molecule has 0 aliphatic carbocycles. The zero-order valence-electron chi connectivity index (χ0n) is 9.43. The van der Waals surface area contributed by atoms with Crippen LogP contribution < -0.4 is 0 Å². The number of thiophene rings is 1. The Morgan fingerprint density at radius 1 is 1.29 bits per heavy atom. The maximum absolute atomic E-state index is 6.61. The number of halogens is 3. The van der Waals surface area contributed by atoms with E-state index in [0.29, 0.717) is 0 Å². The van der Waals surface area contributed by atoms with Crippen LogP contribution in [0.1, 0.15) is 26.9 Å². The summed E-state index contributed by atoms with van der Waals surface area (Å²) in [5.74, 6) is 0. The fraction of sp³-hybridized carbons (Fsp3) is 0.231. The van der Waals surface area contributed by atoms with E-state index in [2.05, 4.69) is 76.6 Å². The average Bonchev–Trinajstić information content (AvgIpc) is 2.61. The number of hydrogen-bond acceptors (Lipinski definition) is 1. The molecule has 0 N–H and O–H groups in total. The van der Waals surface area contributed by atoms with Crippen molar-refractivity contribution in [3.63, 3.8) is 0 Å². The molecule has 1 heterocycles. The number of benzene rings is 1. The standard InChI is InChI=1S/C13H11BrClIS/c1-7-4-3-5-9(13(7)16)12(15)10-6-11(14)17-8(10)2/h3-6,12H,1-2H3. The van der Waals surface area contributed by atoms with Crippen LogP contribution in [0, 0.1) is 17.4 Å². The van der Waals surface area contributed by atoms with Gasteiger partial charge in [-0.2, -0.15) is 0 Å². The third-order valence-corrected chi connectivity index (χ3v) is 6.21. The average molecular weight is 442 g/mol. The fourth-order valence-corrected chi connectivity index (χ4v) is 4.82. The zero-order chi connectivity index (χ0) is 12.6. The Labute approximate surface area is 133 Å². The van der Waals surface area contributed by atoms with E-state index in [-0.39, 0.29) is 5.38 Å². The first-order valence-electron chi connectivity index (χ1n) is 5.15. The third-order valence-electron chi connectivity index (χ3n) is 2.69. The largest absolute Gasteiger partial charge is 0.133 e. The molecule has 1 unspecified atom stereocenters. The minimum atomic E-state index is -0.0654. The van der Waals surface area contributed by atoms with Crippen molar-refractivity contribution in [2.75, 3.05) is 0 Å². The summed E-state index contributed by atoms with van der Waals surface area (Å²) in [4.78, 5) is 1.27. The molecule has 0 saturated heterocycles. The Morgan fingerprint density at radius 3 is 2.59 bits per heavy atom. The molecule has 0 spiro atoms. The normalized spacial score (nSPS) is 12.8. The Hall–Kier alpha value is 0.420. The fourth-order valence-electron chi connectivity index (χ4n) is 1.74. The van der Waals surface area contributed by atoms with Gasteiger partial charge in [-0.25, -0.2) is 0 Å². The van der Waals surface area contributed by atoms with Crippen LogP contribution in [0.2, 0.25) is 0 Å². The highest BCUT2D eigenvalue weighted by Gasteiger charge is 2.18. The van der Waals surface area contributed by atoms with E-state index in [0.717, 1.165) is 3.79 Å². The lowest BCUT2D eigenvalue weighted by Crippen LogP contribution is -1.97. The lowest BCUT2D eigenvalue weighted by Gasteiger charge is -2.13. The monoisotopic (exact) mass is 440 g/mol. The Morgan fingerprint density at radius 2 is 2.00 bits per heavy atom. The molecule has 2 rings (SSSR count). The molecule has 1 aromatic carbocycles. The van der Waals surface area contributed by atoms with E-state index in [1.165, 1.54) is 25.1 Å². The first-order chi connectivity index (χ1) is 8.00. The molecule has 1 aromatic heterocycles. The lowest BCUT2D eigenvalue weighted by molar-refractivity contribution is 1.11. The van der Waals surface area contributed by atoms with Gasteiger partial charge in [-0.1, -0.05) is 18.2 Å². The maximum Gasteiger partial charge on any atom is 0.0856 e. The van der Waals surface area contributed by atoms with Crippen molar-refractivity contribution in [2.24, 2.45) is 0 Å². The minimum Gasteiger partial charge on any atom is -0.133 e. The molecule has 0 bridgehead atoms. The van der Waals surface area contributed by atoms with E-state index in [4.69, 9.17) is 11.6 Å². The van der Waals surface area contributed by atoms with Crippen LogP contribution in [-0.4, -0.2) is 0 Å². The van der Waals surface area contributed by atoms with Crippen molar-refractivity contribution in [2.45, 2.75) is 19.2 Å². The van der Waals surface area contributed by atoms with Gasteiger partial charge in [0.25, 0.3) is 0 Å². The molecular weight excluding hydrogens is 430 g/mol. The van der Waals surface area contributed by atoms with Crippen LogP contribution in [0.15, 0.2) is 28.1 Å². The number of hydrogen-bond donors (Lipinski definition) is 0. The summed E-state index contributed by atoms with van der Waals surface area (Å²) in [5, 5.41) is -0.0654. The van der Waals surface area contributed by atoms with Crippen molar-refractivity contribution in [1.82, 2.24) is 0 Å². The van der Waals surface area contributed by atoms with Crippen LogP contribution in [0.25, 0.3) is 0 Å². The molecular formula is C13H11BrClIS. The summed E-state index contributed by atoms with van der Waals surface area (Å²) < 4.78 is 2.39. The van der Waals surface area contributed by atoms with Gasteiger partial charge in [0.15, 0.2) is 0 Å². The van der Waals surface area contributed by atoms with Crippen molar-refractivity contribution in [3.8, 4) is 0 Å². The maximum atomic E-state index is 6.61. The molecule has 0 aliphatic heterocycles. The second kappa shape index (κ2) is 5.59. The van der Waals surface area contributed by atoms with Crippen LogP contribution >= 0.6 is 61.5 Å². The molecule has 0 fully saturated rings. The second-order valence-corrected chi connectivity index (χ2v) is 8.05. The first kappa shape index (κ1) is 13.8. The second-order valence-electron chi connectivity index (χ2n) is 3.90. The van der Waals surface area contributed by atoms with E-state index in [1.807, 2.05) is 0 Å². The molecule has 17 heavy (non-hydrogen) atoms. The highest BCUT2D eigenvalue weighted by Crippen LogP contribution is 2.39. The van der Waals surface area contributed by atoms with E-state index < -0.39 is 0 Å². The zero-order valence-corrected chi connectivity index (χ0v) is 14.7. The summed E-state index contributed by atoms with van der Waals surface area (Å²) in [6.45, 7) is 4.23. The molecule has 2 aromatic rings. The molecule has 0 aliphatic rings. The molecule has 0 radical (unpaired) electrons. The molecule has 0 saturated carbocycles. The molecule has 4 heteroatoms. The molecule has 90 valence electrons. The predicted molar refractivity (Wildman–Crippen MR) is 88.3 cm³/mol. The Bertz CT molecular complexity index is 550. The van der Waals surface area contributed by atoms with Crippen LogP contribution in [0.5, 0.6) is 0 Å². The van der Waals surface area contributed by atoms with Crippen LogP contribution in [0.3, 0.4) is 0 Å². The van der Waals surface area contributed by atoms with E-state index in [9.17, 15) is 0 Å². The summed E-state index contributed by atoms with van der Waals surface area (Å²) in [6.07, 6.45) is 0.